The molecule has 0 radical (unpaired) electrons. The van der Waals surface area contributed by atoms with Crippen molar-refractivity contribution in [3.05, 3.63) is 28.7 Å². The van der Waals surface area contributed by atoms with Crippen molar-refractivity contribution in [1.82, 2.24) is 10.6 Å². The highest BCUT2D eigenvalue weighted by molar-refractivity contribution is 9.10. The van der Waals surface area contributed by atoms with Crippen molar-refractivity contribution >= 4 is 33.4 Å². The molecule has 0 unspecified atom stereocenters. The van der Waals surface area contributed by atoms with Crippen molar-refractivity contribution in [2.75, 3.05) is 38.7 Å². The molecule has 0 fully saturated rings. The summed E-state index contributed by atoms with van der Waals surface area (Å²) >= 11 is 3.34. The van der Waals surface area contributed by atoms with Crippen molar-refractivity contribution in [2.45, 2.75) is 6.42 Å². The van der Waals surface area contributed by atoms with Crippen LogP contribution in [0.3, 0.4) is 0 Å². The summed E-state index contributed by atoms with van der Waals surface area (Å²) in [6.07, 6.45) is 0.327. The van der Waals surface area contributed by atoms with E-state index in [0.717, 1.165) is 10.2 Å². The minimum absolute atomic E-state index is 0.0630. The zero-order chi connectivity index (χ0) is 15.5. The fourth-order valence-corrected chi connectivity index (χ4v) is 1.96. The molecule has 0 aromatic heterocycles. The van der Waals surface area contributed by atoms with Gasteiger partial charge in [-0.15, -0.1) is 0 Å². The smallest absolute Gasteiger partial charge is 0.238 e. The lowest BCUT2D eigenvalue weighted by Gasteiger charge is -2.07. The molecule has 0 heterocycles. The van der Waals surface area contributed by atoms with E-state index in [1.807, 2.05) is 24.3 Å². The third kappa shape index (κ3) is 8.44. The summed E-state index contributed by atoms with van der Waals surface area (Å²) in [7, 11) is 1.58. The molecule has 3 N–H and O–H groups in total. The Hall–Kier alpha value is -1.44. The maximum atomic E-state index is 11.7. The van der Waals surface area contributed by atoms with Crippen LogP contribution in [0.1, 0.15) is 6.42 Å². The van der Waals surface area contributed by atoms with Crippen LogP contribution in [0.5, 0.6) is 0 Å². The largest absolute Gasteiger partial charge is 0.383 e. The van der Waals surface area contributed by atoms with Crippen LogP contribution in [0.15, 0.2) is 28.7 Å². The Kier molecular flexibility index (Phi) is 8.65. The highest BCUT2D eigenvalue weighted by Gasteiger charge is 2.04. The summed E-state index contributed by atoms with van der Waals surface area (Å²) in [5.74, 6) is -0.208. The number of hydrogen-bond donors (Lipinski definition) is 3. The molecule has 6 nitrogen and oxygen atoms in total. The SMILES string of the molecule is COCCNC(=O)CCNCC(=O)Nc1cccc(Br)c1. The summed E-state index contributed by atoms with van der Waals surface area (Å²) in [6.45, 7) is 1.61. The summed E-state index contributed by atoms with van der Waals surface area (Å²) < 4.78 is 5.73. The first-order valence-corrected chi connectivity index (χ1v) is 7.43. The first-order valence-electron chi connectivity index (χ1n) is 6.63. The molecule has 0 saturated carbocycles. The van der Waals surface area contributed by atoms with E-state index in [-0.39, 0.29) is 18.4 Å². The lowest BCUT2D eigenvalue weighted by atomic mass is 10.3. The summed E-state index contributed by atoms with van der Waals surface area (Å²) in [6, 6.07) is 7.36. The number of nitrogens with one attached hydrogen (secondary N) is 3. The fraction of sp³-hybridized carbons (Fsp3) is 0.429. The number of halogens is 1. The monoisotopic (exact) mass is 357 g/mol. The van der Waals surface area contributed by atoms with Gasteiger partial charge < -0.3 is 20.7 Å². The molecule has 116 valence electrons. The summed E-state index contributed by atoms with van der Waals surface area (Å²) in [5, 5.41) is 8.40. The second kappa shape index (κ2) is 10.3. The predicted octanol–water partition coefficient (Wildman–Crippen LogP) is 1.13. The standard InChI is InChI=1S/C14H20BrN3O3/c1-21-8-7-17-13(19)5-6-16-10-14(20)18-12-4-2-3-11(15)9-12/h2-4,9,16H,5-8,10H2,1H3,(H,17,19)(H,18,20). The molecule has 0 bridgehead atoms. The van der Waals surface area contributed by atoms with Gasteiger partial charge in [-0.3, -0.25) is 9.59 Å². The molecule has 0 spiro atoms. The first kappa shape index (κ1) is 17.6. The lowest BCUT2D eigenvalue weighted by molar-refractivity contribution is -0.121. The molecule has 1 rings (SSSR count). The molecule has 1 aromatic carbocycles. The van der Waals surface area contributed by atoms with Crippen LogP contribution in [0.2, 0.25) is 0 Å². The number of anilines is 1. The molecule has 0 saturated heterocycles. The molecular formula is C14H20BrN3O3. The van der Waals surface area contributed by atoms with Gasteiger partial charge in [0.1, 0.15) is 0 Å². The van der Waals surface area contributed by atoms with E-state index in [9.17, 15) is 9.59 Å². The van der Waals surface area contributed by atoms with Gasteiger partial charge in [0, 0.05) is 36.8 Å². The number of hydrogen-bond acceptors (Lipinski definition) is 4. The third-order valence-corrected chi connectivity index (χ3v) is 3.04. The normalized spacial score (nSPS) is 10.2. The van der Waals surface area contributed by atoms with E-state index in [1.165, 1.54) is 0 Å². The lowest BCUT2D eigenvalue weighted by Crippen LogP contribution is -2.33. The fourth-order valence-electron chi connectivity index (χ4n) is 1.56. The van der Waals surface area contributed by atoms with Crippen LogP contribution in [-0.2, 0) is 14.3 Å². The number of rotatable bonds is 9. The minimum Gasteiger partial charge on any atom is -0.383 e. The van der Waals surface area contributed by atoms with Crippen molar-refractivity contribution in [1.29, 1.82) is 0 Å². The summed E-state index contributed by atoms with van der Waals surface area (Å²) in [4.78, 5) is 23.1. The quantitative estimate of drug-likeness (QED) is 0.579. The molecular weight excluding hydrogens is 338 g/mol. The Labute approximate surface area is 132 Å². The Morgan fingerprint density at radius 3 is 2.76 bits per heavy atom. The molecule has 7 heteroatoms. The van der Waals surface area contributed by atoms with Crippen molar-refractivity contribution < 1.29 is 14.3 Å². The van der Waals surface area contributed by atoms with Gasteiger partial charge >= 0.3 is 0 Å². The average Bonchev–Trinajstić information content (AvgIpc) is 2.44. The molecule has 0 atom stereocenters. The van der Waals surface area contributed by atoms with Gasteiger partial charge in [-0.1, -0.05) is 22.0 Å². The Morgan fingerprint density at radius 2 is 2.05 bits per heavy atom. The Bertz CT molecular complexity index is 469. The van der Waals surface area contributed by atoms with E-state index in [4.69, 9.17) is 4.74 Å². The van der Waals surface area contributed by atoms with Crippen LogP contribution in [-0.4, -0.2) is 45.2 Å². The van der Waals surface area contributed by atoms with Gasteiger partial charge in [0.2, 0.25) is 11.8 Å². The molecule has 1 aromatic rings. The van der Waals surface area contributed by atoms with E-state index < -0.39 is 0 Å². The average molecular weight is 358 g/mol. The van der Waals surface area contributed by atoms with Crippen molar-refractivity contribution in [3.8, 4) is 0 Å². The highest BCUT2D eigenvalue weighted by Crippen LogP contribution is 2.15. The van der Waals surface area contributed by atoms with Crippen LogP contribution < -0.4 is 16.0 Å². The maximum Gasteiger partial charge on any atom is 0.238 e. The molecule has 2 amide bonds. The number of carbonyl (C=O) groups excluding carboxylic acids is 2. The molecule has 0 aliphatic rings. The highest BCUT2D eigenvalue weighted by atomic mass is 79.9. The number of ether oxygens (including phenoxy) is 1. The van der Waals surface area contributed by atoms with Gasteiger partial charge in [-0.2, -0.15) is 0 Å². The van der Waals surface area contributed by atoms with Gasteiger partial charge in [0.15, 0.2) is 0 Å². The van der Waals surface area contributed by atoms with E-state index in [1.54, 1.807) is 7.11 Å². The van der Waals surface area contributed by atoms with Gasteiger partial charge in [0.25, 0.3) is 0 Å². The van der Waals surface area contributed by atoms with Crippen LogP contribution in [0.25, 0.3) is 0 Å². The van der Waals surface area contributed by atoms with Gasteiger partial charge in [-0.25, -0.2) is 0 Å². The first-order chi connectivity index (χ1) is 10.1. The second-order valence-corrected chi connectivity index (χ2v) is 5.24. The Balaban J connectivity index is 2.12. The van der Waals surface area contributed by atoms with E-state index in [0.29, 0.717) is 26.1 Å². The topological polar surface area (TPSA) is 79.5 Å². The second-order valence-electron chi connectivity index (χ2n) is 4.33. The number of methoxy groups -OCH3 is 1. The Morgan fingerprint density at radius 1 is 1.24 bits per heavy atom. The minimum atomic E-state index is -0.145. The van der Waals surface area contributed by atoms with Crippen molar-refractivity contribution in [3.63, 3.8) is 0 Å². The zero-order valence-electron chi connectivity index (χ0n) is 11.9. The number of amides is 2. The van der Waals surface area contributed by atoms with E-state index >= 15 is 0 Å². The van der Waals surface area contributed by atoms with Gasteiger partial charge in [-0.05, 0) is 18.2 Å². The number of benzene rings is 1. The van der Waals surface area contributed by atoms with Crippen LogP contribution >= 0.6 is 15.9 Å². The zero-order valence-corrected chi connectivity index (χ0v) is 13.5. The van der Waals surface area contributed by atoms with Crippen LogP contribution in [0.4, 0.5) is 5.69 Å². The summed E-state index contributed by atoms with van der Waals surface area (Å²) in [5.41, 5.74) is 0.730. The number of carbonyl (C=O) groups is 2. The van der Waals surface area contributed by atoms with E-state index in [2.05, 4.69) is 31.9 Å². The molecule has 0 aliphatic carbocycles. The van der Waals surface area contributed by atoms with Crippen LogP contribution in [0, 0.1) is 0 Å². The van der Waals surface area contributed by atoms with Crippen molar-refractivity contribution in [2.24, 2.45) is 0 Å². The molecule has 21 heavy (non-hydrogen) atoms. The predicted molar refractivity (Wildman–Crippen MR) is 85.1 cm³/mol. The molecule has 0 aliphatic heterocycles. The van der Waals surface area contributed by atoms with Gasteiger partial charge in [0.05, 0.1) is 13.2 Å². The third-order valence-electron chi connectivity index (χ3n) is 2.55. The maximum absolute atomic E-state index is 11.7.